The monoisotopic (exact) mass is 311 g/mol. The van der Waals surface area contributed by atoms with Crippen molar-refractivity contribution in [1.82, 2.24) is 4.90 Å². The maximum Gasteiger partial charge on any atom is 0.310 e. The van der Waals surface area contributed by atoms with Gasteiger partial charge in [0.25, 0.3) is 0 Å². The van der Waals surface area contributed by atoms with E-state index in [4.69, 9.17) is 16.3 Å². The van der Waals surface area contributed by atoms with Crippen LogP contribution >= 0.6 is 11.6 Å². The summed E-state index contributed by atoms with van der Waals surface area (Å²) in [6, 6.07) is 5.76. The molecule has 1 unspecified atom stereocenters. The van der Waals surface area contributed by atoms with E-state index in [2.05, 4.69) is 4.90 Å². The number of carbonyl (C=O) groups is 1. The topological polar surface area (TPSA) is 49.8 Å². The van der Waals surface area contributed by atoms with Crippen molar-refractivity contribution in [1.29, 1.82) is 0 Å². The van der Waals surface area contributed by atoms with Gasteiger partial charge in [-0.25, -0.2) is 0 Å². The molecule has 1 fully saturated rings. The van der Waals surface area contributed by atoms with E-state index in [1.54, 1.807) is 0 Å². The number of rotatable bonds is 5. The van der Waals surface area contributed by atoms with E-state index in [9.17, 15) is 9.90 Å². The molecule has 5 heteroatoms. The number of hydrogen-bond acceptors (Lipinski definition) is 3. The highest BCUT2D eigenvalue weighted by atomic mass is 35.5. The van der Waals surface area contributed by atoms with Crippen molar-refractivity contribution in [3.8, 4) is 5.75 Å². The first kappa shape index (κ1) is 16.1. The molecule has 0 amide bonds. The molecule has 1 saturated heterocycles. The van der Waals surface area contributed by atoms with Gasteiger partial charge in [-0.15, -0.1) is 0 Å². The molecule has 1 aliphatic heterocycles. The molecule has 0 bridgehead atoms. The summed E-state index contributed by atoms with van der Waals surface area (Å²) in [5.41, 5.74) is 0.440. The third kappa shape index (κ3) is 3.89. The summed E-state index contributed by atoms with van der Waals surface area (Å²) in [5, 5.41) is 9.85. The lowest BCUT2D eigenvalue weighted by Crippen LogP contribution is -2.31. The summed E-state index contributed by atoms with van der Waals surface area (Å²) in [4.78, 5) is 13.4. The molecule has 2 rings (SSSR count). The Morgan fingerprint density at radius 3 is 2.76 bits per heavy atom. The molecule has 1 heterocycles. The molecule has 1 aromatic carbocycles. The van der Waals surface area contributed by atoms with Crippen LogP contribution in [0.3, 0.4) is 0 Å². The van der Waals surface area contributed by atoms with E-state index >= 15 is 0 Å². The van der Waals surface area contributed by atoms with Crippen LogP contribution in [0, 0.1) is 5.41 Å². The molecule has 1 aliphatic rings. The molecule has 0 radical (unpaired) electrons. The van der Waals surface area contributed by atoms with Crippen LogP contribution in [0.5, 0.6) is 5.75 Å². The third-order valence-corrected chi connectivity index (χ3v) is 4.13. The predicted molar refractivity (Wildman–Crippen MR) is 82.9 cm³/mol. The van der Waals surface area contributed by atoms with E-state index in [0.29, 0.717) is 30.3 Å². The first-order valence-corrected chi connectivity index (χ1v) is 7.59. The van der Waals surface area contributed by atoms with Gasteiger partial charge in [-0.1, -0.05) is 17.7 Å². The summed E-state index contributed by atoms with van der Waals surface area (Å²) in [7, 11) is 0. The summed E-state index contributed by atoms with van der Waals surface area (Å²) in [5.74, 6) is -0.0315. The summed E-state index contributed by atoms with van der Waals surface area (Å²) in [6.07, 6.45) is 0.771. The average Bonchev–Trinajstić information content (AvgIpc) is 2.75. The van der Waals surface area contributed by atoms with E-state index in [0.717, 1.165) is 12.1 Å². The quantitative estimate of drug-likeness (QED) is 0.905. The second-order valence-corrected chi connectivity index (χ2v) is 6.67. The lowest BCUT2D eigenvalue weighted by Gasteiger charge is -2.20. The number of likely N-dealkylation sites (tertiary alicyclic amines) is 1. The van der Waals surface area contributed by atoms with E-state index in [-0.39, 0.29) is 6.10 Å². The number of nitrogens with zero attached hydrogens (tertiary/aromatic N) is 1. The van der Waals surface area contributed by atoms with Crippen LogP contribution in [0.4, 0.5) is 0 Å². The number of carboxylic acid groups (broad SMARTS) is 1. The van der Waals surface area contributed by atoms with Gasteiger partial charge in [0, 0.05) is 13.1 Å². The first-order valence-electron chi connectivity index (χ1n) is 7.21. The Balaban J connectivity index is 2.01. The van der Waals surface area contributed by atoms with Gasteiger partial charge in [0.05, 0.1) is 16.5 Å². The molecule has 0 saturated carbocycles. The largest absolute Gasteiger partial charge is 0.489 e. The van der Waals surface area contributed by atoms with Crippen LogP contribution in [-0.2, 0) is 11.3 Å². The normalized spacial score (nSPS) is 22.7. The molecule has 0 aliphatic carbocycles. The summed E-state index contributed by atoms with van der Waals surface area (Å²) in [6.45, 7) is 7.81. The van der Waals surface area contributed by atoms with Gasteiger partial charge in [-0.05, 0) is 51.4 Å². The fraction of sp³-hybridized carbons (Fsp3) is 0.562. The van der Waals surface area contributed by atoms with Crippen molar-refractivity contribution < 1.29 is 14.6 Å². The van der Waals surface area contributed by atoms with Gasteiger partial charge in [-0.2, -0.15) is 0 Å². The molecule has 1 aromatic rings. The molecule has 1 N–H and O–H groups in total. The lowest BCUT2D eigenvalue weighted by molar-refractivity contribution is -0.147. The Morgan fingerprint density at radius 2 is 2.24 bits per heavy atom. The number of halogens is 1. The second kappa shape index (κ2) is 6.24. The zero-order valence-corrected chi connectivity index (χ0v) is 13.5. The number of benzene rings is 1. The van der Waals surface area contributed by atoms with Crippen molar-refractivity contribution >= 4 is 17.6 Å². The smallest absolute Gasteiger partial charge is 0.310 e. The Hall–Kier alpha value is -1.26. The van der Waals surface area contributed by atoms with Crippen LogP contribution < -0.4 is 4.74 Å². The highest BCUT2D eigenvalue weighted by molar-refractivity contribution is 6.32. The van der Waals surface area contributed by atoms with Crippen molar-refractivity contribution in [2.24, 2.45) is 5.41 Å². The van der Waals surface area contributed by atoms with Gasteiger partial charge in [0.2, 0.25) is 0 Å². The number of aliphatic carboxylic acids is 1. The maximum atomic E-state index is 11.3. The van der Waals surface area contributed by atoms with Crippen LogP contribution in [0.15, 0.2) is 18.2 Å². The van der Waals surface area contributed by atoms with E-state index in [1.165, 1.54) is 0 Å². The molecule has 0 spiro atoms. The minimum atomic E-state index is -0.719. The van der Waals surface area contributed by atoms with E-state index < -0.39 is 11.4 Å². The van der Waals surface area contributed by atoms with Gasteiger partial charge < -0.3 is 9.84 Å². The fourth-order valence-electron chi connectivity index (χ4n) is 2.62. The van der Waals surface area contributed by atoms with Crippen LogP contribution in [0.2, 0.25) is 5.02 Å². The number of carboxylic acids is 1. The molecular weight excluding hydrogens is 290 g/mol. The summed E-state index contributed by atoms with van der Waals surface area (Å²) >= 11 is 6.23. The number of ether oxygens (including phenoxy) is 1. The lowest BCUT2D eigenvalue weighted by atomic mass is 9.90. The van der Waals surface area contributed by atoms with Crippen LogP contribution in [0.25, 0.3) is 0 Å². The third-order valence-electron chi connectivity index (χ3n) is 3.83. The molecule has 1 atom stereocenters. The van der Waals surface area contributed by atoms with Crippen molar-refractivity contribution in [2.75, 3.05) is 13.1 Å². The minimum Gasteiger partial charge on any atom is -0.489 e. The zero-order chi connectivity index (χ0) is 15.6. The van der Waals surface area contributed by atoms with Gasteiger partial charge >= 0.3 is 5.97 Å². The Kier molecular flexibility index (Phi) is 4.79. The maximum absolute atomic E-state index is 11.3. The van der Waals surface area contributed by atoms with Gasteiger partial charge in [-0.3, -0.25) is 9.69 Å². The number of hydrogen-bond donors (Lipinski definition) is 1. The van der Waals surface area contributed by atoms with Crippen LogP contribution in [0.1, 0.15) is 32.8 Å². The zero-order valence-electron chi connectivity index (χ0n) is 12.7. The highest BCUT2D eigenvalue weighted by Gasteiger charge is 2.40. The average molecular weight is 312 g/mol. The molecule has 0 aromatic heterocycles. The Labute approximate surface area is 130 Å². The second-order valence-electron chi connectivity index (χ2n) is 6.26. The molecular formula is C16H22ClNO3. The van der Waals surface area contributed by atoms with Gasteiger partial charge in [0.1, 0.15) is 5.75 Å². The summed E-state index contributed by atoms with van der Waals surface area (Å²) < 4.78 is 5.61. The SMILES string of the molecule is CC(C)Oc1ccc(CN2CCC(C)(C(=O)O)C2)cc1Cl. The molecule has 4 nitrogen and oxygen atoms in total. The van der Waals surface area contributed by atoms with E-state index in [1.807, 2.05) is 39.0 Å². The highest BCUT2D eigenvalue weighted by Crippen LogP contribution is 2.32. The standard InChI is InChI=1S/C16H22ClNO3/c1-11(2)21-14-5-4-12(8-13(14)17)9-18-7-6-16(3,10-18)15(19)20/h4-5,8,11H,6-7,9-10H2,1-3H3,(H,19,20). The van der Waals surface area contributed by atoms with Crippen molar-refractivity contribution in [3.05, 3.63) is 28.8 Å². The minimum absolute atomic E-state index is 0.0863. The van der Waals surface area contributed by atoms with Crippen LogP contribution in [-0.4, -0.2) is 35.2 Å². The van der Waals surface area contributed by atoms with Gasteiger partial charge in [0.15, 0.2) is 0 Å². The van der Waals surface area contributed by atoms with Crippen molar-refractivity contribution in [2.45, 2.75) is 39.8 Å². The first-order chi connectivity index (χ1) is 9.80. The Bertz CT molecular complexity index is 532. The van der Waals surface area contributed by atoms with Crippen molar-refractivity contribution in [3.63, 3.8) is 0 Å². The molecule has 116 valence electrons. The predicted octanol–water partition coefficient (Wildman–Crippen LogP) is 3.42. The molecule has 21 heavy (non-hydrogen) atoms. The fourth-order valence-corrected chi connectivity index (χ4v) is 2.86. The Morgan fingerprint density at radius 1 is 1.52 bits per heavy atom.